The summed E-state index contributed by atoms with van der Waals surface area (Å²) in [5.74, 6) is 0.881. The van der Waals surface area contributed by atoms with Gasteiger partial charge in [0.15, 0.2) is 0 Å². The summed E-state index contributed by atoms with van der Waals surface area (Å²) < 4.78 is 1.80. The van der Waals surface area contributed by atoms with Gasteiger partial charge in [0, 0.05) is 13.2 Å². The number of aromatic nitrogens is 4. The number of aryl methyl sites for hydroxylation is 2. The number of rotatable bonds is 1. The quantitative estimate of drug-likeness (QED) is 0.672. The van der Waals surface area contributed by atoms with Crippen LogP contribution in [-0.4, -0.2) is 19.7 Å². The molecule has 0 spiro atoms. The van der Waals surface area contributed by atoms with Gasteiger partial charge in [-0.25, -0.2) is 4.98 Å². The summed E-state index contributed by atoms with van der Waals surface area (Å²) in [7, 11) is 1.92. The normalized spacial score (nSPS) is 11.1. The molecule has 0 atom stereocenters. The number of para-hydroxylation sites is 2. The van der Waals surface area contributed by atoms with Gasteiger partial charge in [0.2, 0.25) is 0 Å². The Morgan fingerprint density at radius 3 is 2.75 bits per heavy atom. The first kappa shape index (κ1) is 9.15. The molecule has 0 saturated carbocycles. The number of nitrogens with zero attached hydrogens (tertiary/aromatic N) is 3. The summed E-state index contributed by atoms with van der Waals surface area (Å²) in [5, 5.41) is 4.31. The fourth-order valence-corrected chi connectivity index (χ4v) is 1.91. The van der Waals surface area contributed by atoms with Crippen LogP contribution < -0.4 is 0 Å². The van der Waals surface area contributed by atoms with Crippen molar-refractivity contribution in [3.05, 3.63) is 36.2 Å². The monoisotopic (exact) mass is 212 g/mol. The Morgan fingerprint density at radius 2 is 2.06 bits per heavy atom. The number of benzene rings is 1. The predicted octanol–water partition coefficient (Wildman–Crippen LogP) is 2.27. The highest BCUT2D eigenvalue weighted by Crippen LogP contribution is 2.22. The highest BCUT2D eigenvalue weighted by Gasteiger charge is 2.10. The average Bonchev–Trinajstić information content (AvgIpc) is 2.81. The first-order chi connectivity index (χ1) is 7.74. The lowest BCUT2D eigenvalue weighted by Gasteiger charge is -1.90. The van der Waals surface area contributed by atoms with Gasteiger partial charge in [0.1, 0.15) is 5.82 Å². The Kier molecular flexibility index (Phi) is 1.83. The van der Waals surface area contributed by atoms with E-state index in [-0.39, 0.29) is 0 Å². The third kappa shape index (κ3) is 1.31. The van der Waals surface area contributed by atoms with Gasteiger partial charge in [-0.2, -0.15) is 5.10 Å². The van der Waals surface area contributed by atoms with E-state index in [4.69, 9.17) is 0 Å². The molecule has 3 aromatic rings. The molecule has 3 rings (SSSR count). The number of imidazole rings is 1. The Balaban J connectivity index is 2.22. The molecule has 0 aliphatic rings. The van der Waals surface area contributed by atoms with Gasteiger partial charge in [-0.1, -0.05) is 12.1 Å². The van der Waals surface area contributed by atoms with Crippen LogP contribution in [0.3, 0.4) is 0 Å². The first-order valence-electron chi connectivity index (χ1n) is 5.19. The second-order valence-electron chi connectivity index (χ2n) is 3.90. The maximum atomic E-state index is 4.55. The van der Waals surface area contributed by atoms with E-state index < -0.39 is 0 Å². The Morgan fingerprint density at radius 1 is 1.25 bits per heavy atom. The van der Waals surface area contributed by atoms with Crippen molar-refractivity contribution in [1.82, 2.24) is 19.7 Å². The van der Waals surface area contributed by atoms with Crippen LogP contribution in [0, 0.1) is 6.92 Å². The topological polar surface area (TPSA) is 46.5 Å². The molecule has 80 valence electrons. The van der Waals surface area contributed by atoms with Crippen LogP contribution in [0.25, 0.3) is 22.4 Å². The van der Waals surface area contributed by atoms with E-state index in [0.717, 1.165) is 28.1 Å². The molecule has 2 aromatic heterocycles. The molecule has 0 aliphatic carbocycles. The van der Waals surface area contributed by atoms with Gasteiger partial charge in [-0.15, -0.1) is 0 Å². The molecular formula is C12H12N4. The van der Waals surface area contributed by atoms with Crippen molar-refractivity contribution >= 4 is 11.0 Å². The van der Waals surface area contributed by atoms with Crippen molar-refractivity contribution in [3.8, 4) is 11.4 Å². The van der Waals surface area contributed by atoms with Crippen LogP contribution in [0.1, 0.15) is 5.69 Å². The highest BCUT2D eigenvalue weighted by molar-refractivity contribution is 5.79. The minimum absolute atomic E-state index is 0.881. The van der Waals surface area contributed by atoms with Crippen LogP contribution in [-0.2, 0) is 7.05 Å². The Bertz CT molecular complexity index is 615. The van der Waals surface area contributed by atoms with Gasteiger partial charge < -0.3 is 4.98 Å². The molecule has 16 heavy (non-hydrogen) atoms. The van der Waals surface area contributed by atoms with Crippen LogP contribution in [0.15, 0.2) is 30.5 Å². The third-order valence-corrected chi connectivity index (χ3v) is 2.66. The van der Waals surface area contributed by atoms with E-state index in [1.54, 1.807) is 4.68 Å². The summed E-state index contributed by atoms with van der Waals surface area (Å²) in [6, 6.07) is 8.02. The molecular weight excluding hydrogens is 200 g/mol. The van der Waals surface area contributed by atoms with E-state index in [9.17, 15) is 0 Å². The zero-order valence-corrected chi connectivity index (χ0v) is 9.23. The van der Waals surface area contributed by atoms with Crippen molar-refractivity contribution in [1.29, 1.82) is 0 Å². The van der Waals surface area contributed by atoms with Crippen LogP contribution >= 0.6 is 0 Å². The number of hydrogen-bond donors (Lipinski definition) is 1. The van der Waals surface area contributed by atoms with E-state index in [0.29, 0.717) is 0 Å². The molecule has 0 fully saturated rings. The van der Waals surface area contributed by atoms with Gasteiger partial charge in [-0.3, -0.25) is 4.68 Å². The standard InChI is InChI=1S/C12H12N4/c1-8-9(7-16(2)15-8)12-13-10-5-3-4-6-11(10)14-12/h3-7H,1-2H3,(H,13,14). The van der Waals surface area contributed by atoms with Gasteiger partial charge in [0.25, 0.3) is 0 Å². The van der Waals surface area contributed by atoms with E-state index in [2.05, 4.69) is 15.1 Å². The van der Waals surface area contributed by atoms with E-state index in [1.165, 1.54) is 0 Å². The zero-order chi connectivity index (χ0) is 11.1. The van der Waals surface area contributed by atoms with Crippen molar-refractivity contribution < 1.29 is 0 Å². The summed E-state index contributed by atoms with van der Waals surface area (Å²) in [6.45, 7) is 1.99. The van der Waals surface area contributed by atoms with Crippen molar-refractivity contribution in [2.24, 2.45) is 7.05 Å². The van der Waals surface area contributed by atoms with Gasteiger partial charge in [-0.05, 0) is 19.1 Å². The number of aromatic amines is 1. The molecule has 0 bridgehead atoms. The molecule has 0 aliphatic heterocycles. The molecule has 0 radical (unpaired) electrons. The fourth-order valence-electron chi connectivity index (χ4n) is 1.91. The summed E-state index contributed by atoms with van der Waals surface area (Å²) in [5.41, 5.74) is 4.08. The molecule has 0 unspecified atom stereocenters. The fraction of sp³-hybridized carbons (Fsp3) is 0.167. The number of nitrogens with one attached hydrogen (secondary N) is 1. The smallest absolute Gasteiger partial charge is 0.141 e. The summed E-state index contributed by atoms with van der Waals surface area (Å²) in [4.78, 5) is 7.85. The van der Waals surface area contributed by atoms with Crippen LogP contribution in [0.4, 0.5) is 0 Å². The van der Waals surface area contributed by atoms with E-state index in [1.807, 2.05) is 44.4 Å². The number of hydrogen-bond acceptors (Lipinski definition) is 2. The summed E-state index contributed by atoms with van der Waals surface area (Å²) in [6.07, 6.45) is 1.98. The third-order valence-electron chi connectivity index (χ3n) is 2.66. The Labute approximate surface area is 92.9 Å². The summed E-state index contributed by atoms with van der Waals surface area (Å²) >= 11 is 0. The van der Waals surface area contributed by atoms with E-state index >= 15 is 0 Å². The van der Waals surface area contributed by atoms with Crippen molar-refractivity contribution in [3.63, 3.8) is 0 Å². The maximum absolute atomic E-state index is 4.55. The molecule has 4 nitrogen and oxygen atoms in total. The van der Waals surface area contributed by atoms with Crippen LogP contribution in [0.2, 0.25) is 0 Å². The predicted molar refractivity (Wildman–Crippen MR) is 63.0 cm³/mol. The molecule has 0 saturated heterocycles. The lowest BCUT2D eigenvalue weighted by molar-refractivity contribution is 0.756. The largest absolute Gasteiger partial charge is 0.338 e. The number of H-pyrrole nitrogens is 1. The number of fused-ring (bicyclic) bond motifs is 1. The van der Waals surface area contributed by atoms with Crippen LogP contribution in [0.5, 0.6) is 0 Å². The molecule has 0 amide bonds. The van der Waals surface area contributed by atoms with Gasteiger partial charge in [0.05, 0.1) is 22.3 Å². The molecule has 4 heteroatoms. The minimum Gasteiger partial charge on any atom is -0.338 e. The molecule has 2 heterocycles. The Hall–Kier alpha value is -2.10. The maximum Gasteiger partial charge on any atom is 0.141 e. The molecule has 1 aromatic carbocycles. The average molecular weight is 212 g/mol. The second-order valence-corrected chi connectivity index (χ2v) is 3.90. The van der Waals surface area contributed by atoms with Crippen molar-refractivity contribution in [2.45, 2.75) is 6.92 Å². The lowest BCUT2D eigenvalue weighted by Crippen LogP contribution is -1.86. The van der Waals surface area contributed by atoms with Gasteiger partial charge >= 0.3 is 0 Å². The zero-order valence-electron chi connectivity index (χ0n) is 9.23. The lowest BCUT2D eigenvalue weighted by atomic mass is 10.2. The first-order valence-corrected chi connectivity index (χ1v) is 5.19. The SMILES string of the molecule is Cc1nn(C)cc1-c1nc2ccccc2[nH]1. The highest BCUT2D eigenvalue weighted by atomic mass is 15.3. The second kappa shape index (κ2) is 3.20. The minimum atomic E-state index is 0.881. The molecule has 1 N–H and O–H groups in total. The van der Waals surface area contributed by atoms with Crippen molar-refractivity contribution in [2.75, 3.05) is 0 Å².